The summed E-state index contributed by atoms with van der Waals surface area (Å²) >= 11 is 1.79. The summed E-state index contributed by atoms with van der Waals surface area (Å²) in [5.41, 5.74) is 2.43. The standard InChI is InChI=1S/C16H25N3OS/c1-6-8-17-14(16-12(4)7-9-21-16)15-13(20-5)10-18-19(15)11(2)3/h7,9-11,14,17H,6,8H2,1-5H3. The minimum Gasteiger partial charge on any atom is -0.493 e. The van der Waals surface area contributed by atoms with Crippen LogP contribution in [-0.4, -0.2) is 23.4 Å². The van der Waals surface area contributed by atoms with Crippen LogP contribution in [0.4, 0.5) is 0 Å². The summed E-state index contributed by atoms with van der Waals surface area (Å²) < 4.78 is 7.62. The third-order valence-corrected chi connectivity index (χ3v) is 4.63. The highest BCUT2D eigenvalue weighted by atomic mass is 32.1. The molecule has 0 saturated heterocycles. The van der Waals surface area contributed by atoms with E-state index in [0.717, 1.165) is 24.4 Å². The number of hydrogen-bond acceptors (Lipinski definition) is 4. The Bertz CT molecular complexity index is 574. The highest BCUT2D eigenvalue weighted by molar-refractivity contribution is 7.10. The minimum absolute atomic E-state index is 0.129. The van der Waals surface area contributed by atoms with Gasteiger partial charge >= 0.3 is 0 Å². The molecule has 0 amide bonds. The summed E-state index contributed by atoms with van der Waals surface area (Å²) in [5, 5.41) is 10.3. The molecule has 1 N–H and O–H groups in total. The second-order valence-electron chi connectivity index (χ2n) is 5.49. The predicted octanol–water partition coefficient (Wildman–Crippen LogP) is 3.93. The van der Waals surface area contributed by atoms with Gasteiger partial charge in [-0.05, 0) is 50.7 Å². The fourth-order valence-corrected chi connectivity index (χ4v) is 3.49. The lowest BCUT2D eigenvalue weighted by atomic mass is 10.1. The maximum absolute atomic E-state index is 5.56. The van der Waals surface area contributed by atoms with E-state index in [4.69, 9.17) is 4.74 Å². The van der Waals surface area contributed by atoms with E-state index in [1.54, 1.807) is 18.4 Å². The number of hydrogen-bond donors (Lipinski definition) is 1. The van der Waals surface area contributed by atoms with Gasteiger partial charge < -0.3 is 10.1 Å². The summed E-state index contributed by atoms with van der Waals surface area (Å²) in [6, 6.07) is 2.60. The van der Waals surface area contributed by atoms with Crippen LogP contribution in [0.2, 0.25) is 0 Å². The van der Waals surface area contributed by atoms with Crippen LogP contribution in [0.3, 0.4) is 0 Å². The van der Waals surface area contributed by atoms with Crippen molar-refractivity contribution < 1.29 is 4.74 Å². The van der Waals surface area contributed by atoms with Crippen LogP contribution in [0.1, 0.15) is 55.4 Å². The van der Waals surface area contributed by atoms with Gasteiger partial charge in [-0.15, -0.1) is 11.3 Å². The zero-order valence-electron chi connectivity index (χ0n) is 13.5. The Morgan fingerprint density at radius 2 is 2.19 bits per heavy atom. The maximum Gasteiger partial charge on any atom is 0.161 e. The molecule has 21 heavy (non-hydrogen) atoms. The van der Waals surface area contributed by atoms with Crippen LogP contribution in [0.5, 0.6) is 5.75 Å². The molecule has 0 fully saturated rings. The number of rotatable bonds is 7. The van der Waals surface area contributed by atoms with Gasteiger partial charge in [0.25, 0.3) is 0 Å². The molecule has 0 spiro atoms. The van der Waals surface area contributed by atoms with Crippen LogP contribution in [0.25, 0.3) is 0 Å². The van der Waals surface area contributed by atoms with Crippen molar-refractivity contribution in [2.24, 2.45) is 0 Å². The van der Waals surface area contributed by atoms with E-state index in [2.05, 4.69) is 54.2 Å². The molecule has 1 unspecified atom stereocenters. The number of ether oxygens (including phenoxy) is 1. The van der Waals surface area contributed by atoms with Crippen LogP contribution < -0.4 is 10.1 Å². The van der Waals surface area contributed by atoms with Gasteiger partial charge in [0, 0.05) is 10.9 Å². The molecule has 0 aliphatic rings. The van der Waals surface area contributed by atoms with Crippen LogP contribution >= 0.6 is 11.3 Å². The Hall–Kier alpha value is -1.33. The first-order chi connectivity index (χ1) is 10.1. The van der Waals surface area contributed by atoms with Gasteiger partial charge in [-0.3, -0.25) is 4.68 Å². The topological polar surface area (TPSA) is 39.1 Å². The van der Waals surface area contributed by atoms with Gasteiger partial charge in [-0.25, -0.2) is 0 Å². The molecule has 5 heteroatoms. The molecule has 2 aromatic rings. The molecule has 0 bridgehead atoms. The number of aryl methyl sites for hydroxylation is 1. The molecular weight excluding hydrogens is 282 g/mol. The smallest absolute Gasteiger partial charge is 0.161 e. The lowest BCUT2D eigenvalue weighted by Crippen LogP contribution is -2.26. The van der Waals surface area contributed by atoms with Gasteiger partial charge in [0.2, 0.25) is 0 Å². The van der Waals surface area contributed by atoms with Crippen molar-refractivity contribution in [3.05, 3.63) is 33.8 Å². The quantitative estimate of drug-likeness (QED) is 0.842. The van der Waals surface area contributed by atoms with Crippen LogP contribution in [0, 0.1) is 6.92 Å². The fraction of sp³-hybridized carbons (Fsp3) is 0.562. The predicted molar refractivity (Wildman–Crippen MR) is 88.4 cm³/mol. The molecule has 116 valence electrons. The molecule has 0 saturated carbocycles. The van der Waals surface area contributed by atoms with Gasteiger partial charge in [-0.1, -0.05) is 6.92 Å². The van der Waals surface area contributed by atoms with E-state index in [1.165, 1.54) is 10.4 Å². The molecule has 0 aliphatic carbocycles. The average Bonchev–Trinajstić information content (AvgIpc) is 3.06. The fourth-order valence-electron chi connectivity index (χ4n) is 2.48. The van der Waals surface area contributed by atoms with Crippen molar-refractivity contribution in [2.75, 3.05) is 13.7 Å². The first-order valence-corrected chi connectivity index (χ1v) is 8.36. The summed E-state index contributed by atoms with van der Waals surface area (Å²) in [6.45, 7) is 9.61. The molecule has 2 heterocycles. The summed E-state index contributed by atoms with van der Waals surface area (Å²) in [5.74, 6) is 0.852. The molecule has 4 nitrogen and oxygen atoms in total. The Balaban J connectivity index is 2.50. The summed E-state index contributed by atoms with van der Waals surface area (Å²) in [4.78, 5) is 1.34. The zero-order chi connectivity index (χ0) is 15.4. The first-order valence-electron chi connectivity index (χ1n) is 7.48. The van der Waals surface area contributed by atoms with E-state index in [9.17, 15) is 0 Å². The highest BCUT2D eigenvalue weighted by Gasteiger charge is 2.26. The van der Waals surface area contributed by atoms with E-state index < -0.39 is 0 Å². The largest absolute Gasteiger partial charge is 0.493 e. The van der Waals surface area contributed by atoms with E-state index >= 15 is 0 Å². The van der Waals surface area contributed by atoms with E-state index in [-0.39, 0.29) is 6.04 Å². The maximum atomic E-state index is 5.56. The lowest BCUT2D eigenvalue weighted by molar-refractivity contribution is 0.394. The molecule has 1 atom stereocenters. The lowest BCUT2D eigenvalue weighted by Gasteiger charge is -2.22. The number of methoxy groups -OCH3 is 1. The van der Waals surface area contributed by atoms with Crippen molar-refractivity contribution in [1.29, 1.82) is 0 Å². The monoisotopic (exact) mass is 307 g/mol. The van der Waals surface area contributed by atoms with Crippen molar-refractivity contribution in [2.45, 2.75) is 46.2 Å². The van der Waals surface area contributed by atoms with Gasteiger partial charge in [0.05, 0.1) is 19.3 Å². The molecule has 0 aromatic carbocycles. The van der Waals surface area contributed by atoms with Crippen molar-refractivity contribution in [3.8, 4) is 5.75 Å². The Labute approximate surface area is 131 Å². The Kier molecular flexibility index (Phi) is 5.42. The van der Waals surface area contributed by atoms with Gasteiger partial charge in [0.15, 0.2) is 5.75 Å². The Morgan fingerprint density at radius 3 is 2.71 bits per heavy atom. The highest BCUT2D eigenvalue weighted by Crippen LogP contribution is 2.35. The number of nitrogens with one attached hydrogen (secondary N) is 1. The number of thiophene rings is 1. The third-order valence-electron chi connectivity index (χ3n) is 3.54. The molecule has 2 rings (SSSR count). The van der Waals surface area contributed by atoms with Crippen molar-refractivity contribution >= 4 is 11.3 Å². The SMILES string of the molecule is CCCNC(c1sccc1C)c1c(OC)cnn1C(C)C. The second-order valence-corrected chi connectivity index (χ2v) is 6.44. The van der Waals surface area contributed by atoms with Crippen molar-refractivity contribution in [3.63, 3.8) is 0 Å². The van der Waals surface area contributed by atoms with Crippen molar-refractivity contribution in [1.82, 2.24) is 15.1 Å². The van der Waals surface area contributed by atoms with Gasteiger partial charge in [-0.2, -0.15) is 5.10 Å². The average molecular weight is 307 g/mol. The van der Waals surface area contributed by atoms with E-state index in [0.29, 0.717) is 6.04 Å². The molecule has 0 radical (unpaired) electrons. The summed E-state index contributed by atoms with van der Waals surface area (Å²) in [6.07, 6.45) is 2.91. The molecule has 0 aliphatic heterocycles. The van der Waals surface area contributed by atoms with Crippen LogP contribution in [-0.2, 0) is 0 Å². The van der Waals surface area contributed by atoms with E-state index in [1.807, 2.05) is 6.20 Å². The van der Waals surface area contributed by atoms with Gasteiger partial charge in [0.1, 0.15) is 5.69 Å². The normalized spacial score (nSPS) is 12.9. The molecule has 2 aromatic heterocycles. The zero-order valence-corrected chi connectivity index (χ0v) is 14.3. The first kappa shape index (κ1) is 16.0. The number of aromatic nitrogens is 2. The minimum atomic E-state index is 0.129. The third kappa shape index (κ3) is 3.30. The summed E-state index contributed by atoms with van der Waals surface area (Å²) in [7, 11) is 1.71. The molecular formula is C16H25N3OS. The Morgan fingerprint density at radius 1 is 1.43 bits per heavy atom. The second kappa shape index (κ2) is 7.09. The van der Waals surface area contributed by atoms with Crippen LogP contribution in [0.15, 0.2) is 17.6 Å². The number of nitrogens with zero attached hydrogens (tertiary/aromatic N) is 2.